The fourth-order valence-electron chi connectivity index (χ4n) is 3.72. The van der Waals surface area contributed by atoms with Gasteiger partial charge in [-0.15, -0.1) is 0 Å². The Hall–Kier alpha value is -1.30. The highest BCUT2D eigenvalue weighted by Crippen LogP contribution is 2.31. The largest absolute Gasteiger partial charge is 0.342 e. The molecule has 3 rings (SSSR count). The lowest BCUT2D eigenvalue weighted by Crippen LogP contribution is -2.43. The molecule has 2 amide bonds. The van der Waals surface area contributed by atoms with E-state index >= 15 is 0 Å². The number of amides is 2. The first-order chi connectivity index (χ1) is 12.0. The van der Waals surface area contributed by atoms with Crippen molar-refractivity contribution in [2.45, 2.75) is 19.3 Å². The van der Waals surface area contributed by atoms with E-state index in [0.717, 1.165) is 32.5 Å². The van der Waals surface area contributed by atoms with Gasteiger partial charge in [-0.2, -0.15) is 0 Å². The van der Waals surface area contributed by atoms with Gasteiger partial charge in [0.15, 0.2) is 0 Å². The van der Waals surface area contributed by atoms with Gasteiger partial charge in [0.1, 0.15) is 0 Å². The molecule has 25 heavy (non-hydrogen) atoms. The average molecular weight is 384 g/mol. The summed E-state index contributed by atoms with van der Waals surface area (Å²) in [5.74, 6) is 0.379. The Morgan fingerprint density at radius 2 is 1.84 bits per heavy atom. The first-order valence-electron chi connectivity index (χ1n) is 8.67. The van der Waals surface area contributed by atoms with Crippen molar-refractivity contribution < 1.29 is 9.59 Å². The van der Waals surface area contributed by atoms with E-state index in [1.165, 1.54) is 0 Å². The smallest absolute Gasteiger partial charge is 0.228 e. The predicted octanol–water partition coefficient (Wildman–Crippen LogP) is 2.80. The molecule has 1 aromatic rings. The molecule has 136 valence electrons. The second kappa shape index (κ2) is 7.94. The summed E-state index contributed by atoms with van der Waals surface area (Å²) in [6.45, 7) is 2.94. The first kappa shape index (κ1) is 18.5. The van der Waals surface area contributed by atoms with Crippen molar-refractivity contribution in [1.82, 2.24) is 10.2 Å². The summed E-state index contributed by atoms with van der Waals surface area (Å²) in [5, 5.41) is 4.17. The van der Waals surface area contributed by atoms with E-state index in [4.69, 9.17) is 23.2 Å². The lowest BCUT2D eigenvalue weighted by Gasteiger charge is -2.33. The molecule has 0 spiro atoms. The van der Waals surface area contributed by atoms with Gasteiger partial charge in [-0.05, 0) is 50.6 Å². The second-order valence-electron chi connectivity index (χ2n) is 6.86. The van der Waals surface area contributed by atoms with Gasteiger partial charge in [-0.25, -0.2) is 0 Å². The monoisotopic (exact) mass is 383 g/mol. The molecule has 1 unspecified atom stereocenters. The summed E-state index contributed by atoms with van der Waals surface area (Å²) >= 11 is 12.1. The number of anilines is 1. The number of nitrogens with one attached hydrogen (secondary N) is 1. The third kappa shape index (κ3) is 4.27. The van der Waals surface area contributed by atoms with E-state index < -0.39 is 0 Å². The van der Waals surface area contributed by atoms with Crippen LogP contribution in [0.5, 0.6) is 0 Å². The molecule has 2 aliphatic heterocycles. The van der Waals surface area contributed by atoms with Crippen LogP contribution in [0.3, 0.4) is 0 Å². The normalized spacial score (nSPS) is 21.9. The zero-order chi connectivity index (χ0) is 18.0. The number of benzene rings is 1. The Morgan fingerprint density at radius 3 is 2.44 bits per heavy atom. The molecule has 5 nitrogen and oxygen atoms in total. The van der Waals surface area contributed by atoms with Crippen LogP contribution in [-0.4, -0.2) is 49.9 Å². The Labute approximate surface area is 158 Å². The fraction of sp³-hybridized carbons (Fsp3) is 0.556. The number of hydrogen-bond donors (Lipinski definition) is 1. The van der Waals surface area contributed by atoms with E-state index in [2.05, 4.69) is 5.32 Å². The highest BCUT2D eigenvalue weighted by Gasteiger charge is 2.38. The average Bonchev–Trinajstić information content (AvgIpc) is 2.96. The zero-order valence-corrected chi connectivity index (χ0v) is 15.8. The van der Waals surface area contributed by atoms with Crippen LogP contribution in [0.15, 0.2) is 18.2 Å². The summed E-state index contributed by atoms with van der Waals surface area (Å²) in [7, 11) is 1.96. The van der Waals surface area contributed by atoms with E-state index in [9.17, 15) is 9.59 Å². The van der Waals surface area contributed by atoms with Crippen molar-refractivity contribution in [2.75, 3.05) is 38.1 Å². The van der Waals surface area contributed by atoms with Crippen LogP contribution in [0.1, 0.15) is 19.3 Å². The molecule has 1 atom stereocenters. The molecule has 1 aromatic carbocycles. The number of rotatable bonds is 4. The topological polar surface area (TPSA) is 52.7 Å². The number of hydrogen-bond acceptors (Lipinski definition) is 3. The Kier molecular flexibility index (Phi) is 5.87. The number of piperidine rings is 1. The van der Waals surface area contributed by atoms with Gasteiger partial charge >= 0.3 is 0 Å². The molecule has 2 aliphatic rings. The molecule has 2 saturated heterocycles. The molecule has 0 saturated carbocycles. The molecular weight excluding hydrogens is 361 g/mol. The van der Waals surface area contributed by atoms with Crippen molar-refractivity contribution >= 4 is 40.7 Å². The summed E-state index contributed by atoms with van der Waals surface area (Å²) < 4.78 is 0. The Morgan fingerprint density at radius 1 is 1.20 bits per heavy atom. The van der Waals surface area contributed by atoms with Gasteiger partial charge in [-0.1, -0.05) is 23.2 Å². The first-order valence-corrected chi connectivity index (χ1v) is 9.43. The van der Waals surface area contributed by atoms with Crippen LogP contribution >= 0.6 is 23.2 Å². The highest BCUT2D eigenvalue weighted by molar-refractivity contribution is 6.35. The molecule has 0 aliphatic carbocycles. The van der Waals surface area contributed by atoms with Crippen molar-refractivity contribution in [1.29, 1.82) is 0 Å². The van der Waals surface area contributed by atoms with Crippen LogP contribution in [-0.2, 0) is 9.59 Å². The van der Waals surface area contributed by atoms with E-state index in [1.807, 2.05) is 11.9 Å². The number of carbonyl (C=O) groups excluding carboxylic acids is 2. The number of nitrogens with zero attached hydrogens (tertiary/aromatic N) is 2. The molecule has 2 heterocycles. The van der Waals surface area contributed by atoms with Crippen molar-refractivity contribution in [3.05, 3.63) is 28.2 Å². The summed E-state index contributed by atoms with van der Waals surface area (Å²) in [6.07, 6.45) is 2.28. The van der Waals surface area contributed by atoms with Gasteiger partial charge < -0.3 is 15.1 Å². The van der Waals surface area contributed by atoms with Crippen LogP contribution in [0.2, 0.25) is 10.0 Å². The van der Waals surface area contributed by atoms with Crippen molar-refractivity contribution in [3.63, 3.8) is 0 Å². The van der Waals surface area contributed by atoms with E-state index in [-0.39, 0.29) is 24.2 Å². The third-order valence-electron chi connectivity index (χ3n) is 5.05. The van der Waals surface area contributed by atoms with Crippen LogP contribution in [0, 0.1) is 11.8 Å². The maximum atomic E-state index is 12.8. The van der Waals surface area contributed by atoms with Gasteiger partial charge in [-0.3, -0.25) is 9.59 Å². The molecule has 2 fully saturated rings. The molecule has 0 bridgehead atoms. The minimum atomic E-state index is -0.286. The maximum Gasteiger partial charge on any atom is 0.228 e. The summed E-state index contributed by atoms with van der Waals surface area (Å²) in [6, 6.07) is 5.05. The number of halogens is 2. The quantitative estimate of drug-likeness (QED) is 0.869. The van der Waals surface area contributed by atoms with Crippen molar-refractivity contribution in [2.24, 2.45) is 11.8 Å². The minimum Gasteiger partial charge on any atom is -0.342 e. The third-order valence-corrected chi connectivity index (χ3v) is 5.49. The van der Waals surface area contributed by atoms with Gasteiger partial charge in [0.25, 0.3) is 0 Å². The molecular formula is C18H23Cl2N3O2. The standard InChI is InChI=1S/C18H23Cl2N3O2/c1-21-10-12-2-4-22(5-3-12)18(25)13-6-17(24)23(11-13)16-8-14(19)7-15(20)9-16/h7-9,12-13,21H,2-6,10-11H2,1H3. The maximum absolute atomic E-state index is 12.8. The second-order valence-corrected chi connectivity index (χ2v) is 7.73. The van der Waals surface area contributed by atoms with Crippen molar-refractivity contribution in [3.8, 4) is 0 Å². The zero-order valence-electron chi connectivity index (χ0n) is 14.3. The fourth-order valence-corrected chi connectivity index (χ4v) is 4.24. The molecule has 0 radical (unpaired) electrons. The lowest BCUT2D eigenvalue weighted by molar-refractivity contribution is -0.137. The van der Waals surface area contributed by atoms with Gasteiger partial charge in [0, 0.05) is 41.8 Å². The molecule has 7 heteroatoms. The highest BCUT2D eigenvalue weighted by atomic mass is 35.5. The molecule has 0 aromatic heterocycles. The molecule has 1 N–H and O–H groups in total. The number of carbonyl (C=O) groups is 2. The lowest BCUT2D eigenvalue weighted by atomic mass is 9.95. The summed E-state index contributed by atoms with van der Waals surface area (Å²) in [4.78, 5) is 28.7. The van der Waals surface area contributed by atoms with Crippen LogP contribution in [0.4, 0.5) is 5.69 Å². The summed E-state index contributed by atoms with van der Waals surface area (Å²) in [5.41, 5.74) is 0.658. The number of likely N-dealkylation sites (tertiary alicyclic amines) is 1. The van der Waals surface area contributed by atoms with Crippen LogP contribution < -0.4 is 10.2 Å². The Bertz CT molecular complexity index is 639. The van der Waals surface area contributed by atoms with Gasteiger partial charge in [0.2, 0.25) is 11.8 Å². The predicted molar refractivity (Wildman–Crippen MR) is 100 cm³/mol. The van der Waals surface area contributed by atoms with E-state index in [1.54, 1.807) is 23.1 Å². The van der Waals surface area contributed by atoms with Crippen LogP contribution in [0.25, 0.3) is 0 Å². The van der Waals surface area contributed by atoms with E-state index in [0.29, 0.717) is 28.2 Å². The minimum absolute atomic E-state index is 0.0539. The SMILES string of the molecule is CNCC1CCN(C(=O)C2CC(=O)N(c3cc(Cl)cc(Cl)c3)C2)CC1. The Balaban J connectivity index is 1.63. The van der Waals surface area contributed by atoms with Gasteiger partial charge in [0.05, 0.1) is 5.92 Å².